The number of carbonyl (C=O) groups is 1. The molecule has 0 aromatic rings. The molecule has 3 rings (SSSR count). The van der Waals surface area contributed by atoms with Crippen molar-refractivity contribution in [2.24, 2.45) is 11.8 Å². The Kier molecular flexibility index (Phi) is 1.62. The lowest BCUT2D eigenvalue weighted by Gasteiger charge is -2.33. The van der Waals surface area contributed by atoms with E-state index < -0.39 is 0 Å². The molecular weight excluding hydrogens is 164 g/mol. The Bertz CT molecular complexity index is 231. The summed E-state index contributed by atoms with van der Waals surface area (Å²) in [6, 6.07) is 0.596. The van der Waals surface area contributed by atoms with E-state index in [1.54, 1.807) is 0 Å². The maximum absolute atomic E-state index is 11.6. The van der Waals surface area contributed by atoms with Crippen molar-refractivity contribution in [3.63, 3.8) is 0 Å². The summed E-state index contributed by atoms with van der Waals surface area (Å²) in [5, 5.41) is 3.12. The van der Waals surface area contributed by atoms with Gasteiger partial charge < -0.3 is 10.2 Å². The first-order valence-corrected chi connectivity index (χ1v) is 5.35. The Morgan fingerprint density at radius 2 is 2.00 bits per heavy atom. The van der Waals surface area contributed by atoms with Crippen molar-refractivity contribution in [3.8, 4) is 0 Å². The Morgan fingerprint density at radius 3 is 2.69 bits per heavy atom. The molecule has 72 valence electrons. The van der Waals surface area contributed by atoms with Gasteiger partial charge in [0.2, 0.25) is 5.91 Å². The van der Waals surface area contributed by atoms with Gasteiger partial charge in [0.25, 0.3) is 0 Å². The molecule has 2 saturated carbocycles. The molecule has 1 N–H and O–H groups in total. The minimum atomic E-state index is 0.317. The first-order chi connectivity index (χ1) is 6.34. The summed E-state index contributed by atoms with van der Waals surface area (Å²) >= 11 is 0. The fraction of sp³-hybridized carbons (Fsp3) is 0.900. The molecular formula is C10H16N2O. The van der Waals surface area contributed by atoms with Gasteiger partial charge in [-0.3, -0.25) is 4.79 Å². The van der Waals surface area contributed by atoms with E-state index in [9.17, 15) is 4.79 Å². The molecule has 3 heteroatoms. The molecule has 13 heavy (non-hydrogen) atoms. The lowest BCUT2D eigenvalue weighted by atomic mass is 10.1. The number of fused-ring (bicyclic) bond motifs is 1. The zero-order valence-corrected chi connectivity index (χ0v) is 7.83. The highest BCUT2D eigenvalue weighted by atomic mass is 16.2. The average molecular weight is 180 g/mol. The van der Waals surface area contributed by atoms with Crippen LogP contribution in [0.3, 0.4) is 0 Å². The Labute approximate surface area is 78.5 Å². The van der Waals surface area contributed by atoms with Gasteiger partial charge in [-0.2, -0.15) is 0 Å². The Hall–Kier alpha value is -0.570. The summed E-state index contributed by atoms with van der Waals surface area (Å²) in [5.74, 6) is 2.28. The number of piperazine rings is 1. The smallest absolute Gasteiger partial charge is 0.236 e. The molecule has 0 spiro atoms. The first-order valence-electron chi connectivity index (χ1n) is 5.35. The molecule has 0 radical (unpaired) electrons. The van der Waals surface area contributed by atoms with Crippen LogP contribution in [0.1, 0.15) is 19.3 Å². The van der Waals surface area contributed by atoms with Crippen LogP contribution in [0.25, 0.3) is 0 Å². The summed E-state index contributed by atoms with van der Waals surface area (Å²) < 4.78 is 0. The Morgan fingerprint density at radius 1 is 1.23 bits per heavy atom. The zero-order valence-electron chi connectivity index (χ0n) is 7.83. The van der Waals surface area contributed by atoms with Crippen molar-refractivity contribution in [1.82, 2.24) is 10.2 Å². The van der Waals surface area contributed by atoms with Crippen molar-refractivity contribution < 1.29 is 4.79 Å². The molecule has 0 aromatic carbocycles. The van der Waals surface area contributed by atoms with Crippen molar-refractivity contribution in [2.75, 3.05) is 19.6 Å². The SMILES string of the molecule is O=C1CNCCN1C1C[C@@H]2C[C@@H]2C1. The van der Waals surface area contributed by atoms with E-state index in [2.05, 4.69) is 10.2 Å². The highest BCUT2D eigenvalue weighted by molar-refractivity contribution is 5.79. The Balaban J connectivity index is 1.66. The number of hydrogen-bond acceptors (Lipinski definition) is 2. The molecule has 0 bridgehead atoms. The van der Waals surface area contributed by atoms with E-state index in [4.69, 9.17) is 0 Å². The van der Waals surface area contributed by atoms with Gasteiger partial charge in [0, 0.05) is 19.1 Å². The fourth-order valence-electron chi connectivity index (χ4n) is 2.94. The fourth-order valence-corrected chi connectivity index (χ4v) is 2.94. The normalized spacial score (nSPS) is 43.5. The van der Waals surface area contributed by atoms with Crippen LogP contribution in [0.2, 0.25) is 0 Å². The minimum Gasteiger partial charge on any atom is -0.337 e. The summed E-state index contributed by atoms with van der Waals surface area (Å²) in [7, 11) is 0. The molecule has 1 saturated heterocycles. The van der Waals surface area contributed by atoms with E-state index in [0.717, 1.165) is 24.9 Å². The van der Waals surface area contributed by atoms with E-state index in [1.807, 2.05) is 0 Å². The summed E-state index contributed by atoms with van der Waals surface area (Å²) in [5.41, 5.74) is 0. The number of amides is 1. The molecule has 0 aromatic heterocycles. The lowest BCUT2D eigenvalue weighted by molar-refractivity contribution is -0.134. The maximum Gasteiger partial charge on any atom is 0.236 e. The van der Waals surface area contributed by atoms with Gasteiger partial charge in [-0.15, -0.1) is 0 Å². The van der Waals surface area contributed by atoms with Crippen molar-refractivity contribution >= 4 is 5.91 Å². The van der Waals surface area contributed by atoms with Gasteiger partial charge >= 0.3 is 0 Å². The summed E-state index contributed by atoms with van der Waals surface area (Å²) in [4.78, 5) is 13.7. The monoisotopic (exact) mass is 180 g/mol. The summed E-state index contributed by atoms with van der Waals surface area (Å²) in [6.45, 7) is 2.48. The third-order valence-electron chi connectivity index (χ3n) is 3.79. The summed E-state index contributed by atoms with van der Waals surface area (Å²) in [6.07, 6.45) is 4.02. The van der Waals surface area contributed by atoms with Crippen LogP contribution >= 0.6 is 0 Å². The molecule has 2 aliphatic carbocycles. The van der Waals surface area contributed by atoms with E-state index in [-0.39, 0.29) is 0 Å². The van der Waals surface area contributed by atoms with Crippen molar-refractivity contribution in [3.05, 3.63) is 0 Å². The van der Waals surface area contributed by atoms with Crippen molar-refractivity contribution in [1.29, 1.82) is 0 Å². The highest BCUT2D eigenvalue weighted by Gasteiger charge is 2.48. The number of nitrogens with zero attached hydrogens (tertiary/aromatic N) is 1. The van der Waals surface area contributed by atoms with Crippen LogP contribution in [0.5, 0.6) is 0 Å². The number of carbonyl (C=O) groups excluding carboxylic acids is 1. The largest absolute Gasteiger partial charge is 0.337 e. The zero-order chi connectivity index (χ0) is 8.84. The lowest BCUT2D eigenvalue weighted by Crippen LogP contribution is -2.52. The van der Waals surface area contributed by atoms with Gasteiger partial charge in [0.05, 0.1) is 6.54 Å². The molecule has 3 atom stereocenters. The van der Waals surface area contributed by atoms with E-state index in [1.165, 1.54) is 19.3 Å². The van der Waals surface area contributed by atoms with Gasteiger partial charge in [0.15, 0.2) is 0 Å². The predicted molar refractivity (Wildman–Crippen MR) is 49.2 cm³/mol. The second-order valence-corrected chi connectivity index (χ2v) is 4.64. The van der Waals surface area contributed by atoms with Gasteiger partial charge in [-0.05, 0) is 31.1 Å². The van der Waals surface area contributed by atoms with E-state index in [0.29, 0.717) is 18.5 Å². The maximum atomic E-state index is 11.6. The number of nitrogens with one attached hydrogen (secondary N) is 1. The molecule has 1 heterocycles. The molecule has 3 fully saturated rings. The second-order valence-electron chi connectivity index (χ2n) is 4.64. The van der Waals surface area contributed by atoms with Gasteiger partial charge in [-0.25, -0.2) is 0 Å². The predicted octanol–water partition coefficient (Wildman–Crippen LogP) is 0.217. The van der Waals surface area contributed by atoms with Crippen LogP contribution in [-0.4, -0.2) is 36.5 Å². The quantitative estimate of drug-likeness (QED) is 0.626. The molecule has 1 unspecified atom stereocenters. The van der Waals surface area contributed by atoms with Crippen LogP contribution in [0.15, 0.2) is 0 Å². The van der Waals surface area contributed by atoms with Crippen molar-refractivity contribution in [2.45, 2.75) is 25.3 Å². The highest BCUT2D eigenvalue weighted by Crippen LogP contribution is 2.53. The molecule has 1 aliphatic heterocycles. The molecule has 3 aliphatic rings. The standard InChI is InChI=1S/C10H16N2O/c13-10-6-11-1-2-12(10)9-4-7-3-8(7)5-9/h7-9,11H,1-6H2/t7-,8+,9?. The van der Waals surface area contributed by atoms with Crippen LogP contribution in [0.4, 0.5) is 0 Å². The molecule has 3 nitrogen and oxygen atoms in total. The second kappa shape index (κ2) is 2.71. The first kappa shape index (κ1) is 7.80. The van der Waals surface area contributed by atoms with Crippen LogP contribution in [0, 0.1) is 11.8 Å². The third kappa shape index (κ3) is 1.26. The van der Waals surface area contributed by atoms with Gasteiger partial charge in [0.1, 0.15) is 0 Å². The van der Waals surface area contributed by atoms with Gasteiger partial charge in [-0.1, -0.05) is 0 Å². The number of hydrogen-bond donors (Lipinski definition) is 1. The number of rotatable bonds is 1. The van der Waals surface area contributed by atoms with E-state index >= 15 is 0 Å². The third-order valence-corrected chi connectivity index (χ3v) is 3.79. The average Bonchev–Trinajstić information content (AvgIpc) is 2.75. The molecule has 1 amide bonds. The van der Waals surface area contributed by atoms with Crippen LogP contribution < -0.4 is 5.32 Å². The topological polar surface area (TPSA) is 32.3 Å². The minimum absolute atomic E-state index is 0.317. The van der Waals surface area contributed by atoms with Crippen LogP contribution in [-0.2, 0) is 4.79 Å².